The fraction of sp³-hybridized carbons (Fsp3) is 0.952. The number of urea groups is 1. The summed E-state index contributed by atoms with van der Waals surface area (Å²) < 4.78 is 26.1. The van der Waals surface area contributed by atoms with Crippen molar-refractivity contribution in [3.8, 4) is 0 Å². The number of nitrogens with one attached hydrogen (secondary N) is 2. The number of piperidine rings is 1. The van der Waals surface area contributed by atoms with E-state index < -0.39 is 10.0 Å². The van der Waals surface area contributed by atoms with Gasteiger partial charge in [-0.2, -0.15) is 0 Å². The highest BCUT2D eigenvalue weighted by Gasteiger charge is 2.27. The fourth-order valence-electron chi connectivity index (χ4n) is 3.92. The maximum atomic E-state index is 12.2. The maximum Gasteiger partial charge on any atom is 0.315 e. The average molecular weight is 420 g/mol. The molecular weight excluding hydrogens is 374 g/mol. The molecule has 1 saturated heterocycles. The normalized spacial score (nSPS) is 20.2. The highest BCUT2D eigenvalue weighted by molar-refractivity contribution is 7.89. The third-order valence-corrected chi connectivity index (χ3v) is 7.67. The van der Waals surface area contributed by atoms with Crippen LogP contribution in [0.25, 0.3) is 0 Å². The Labute approximate surface area is 174 Å². The number of unbranched alkanes of at least 4 members (excludes halogenated alkanes) is 1. The van der Waals surface area contributed by atoms with Gasteiger partial charge < -0.3 is 10.6 Å². The van der Waals surface area contributed by atoms with Crippen molar-refractivity contribution in [1.82, 2.24) is 14.9 Å². The van der Waals surface area contributed by atoms with Crippen molar-refractivity contribution in [2.45, 2.75) is 98.4 Å². The van der Waals surface area contributed by atoms with Crippen LogP contribution in [-0.2, 0) is 10.0 Å². The molecular formula is C21H45N3O3S. The number of hydrogen-bond acceptors (Lipinski definition) is 3. The van der Waals surface area contributed by atoms with Crippen molar-refractivity contribution in [2.75, 3.05) is 25.4 Å². The summed E-state index contributed by atoms with van der Waals surface area (Å²) in [6, 6.07) is 0.245. The molecule has 0 atom stereocenters. The molecule has 2 aliphatic rings. The summed E-state index contributed by atoms with van der Waals surface area (Å²) in [6.45, 7) is 3.82. The Morgan fingerprint density at radius 1 is 0.964 bits per heavy atom. The molecule has 1 heterocycles. The summed E-state index contributed by atoms with van der Waals surface area (Å²) in [6.07, 6.45) is 11.7. The molecule has 2 N–H and O–H groups in total. The molecule has 0 aromatic rings. The smallest absolute Gasteiger partial charge is 0.315 e. The first kappa shape index (κ1) is 27.2. The first-order valence-electron chi connectivity index (χ1n) is 10.5. The fourth-order valence-corrected chi connectivity index (χ4v) is 5.60. The molecule has 0 spiro atoms. The minimum atomic E-state index is -3.09. The lowest BCUT2D eigenvalue weighted by Gasteiger charge is -2.31. The van der Waals surface area contributed by atoms with Crippen LogP contribution in [0.15, 0.2) is 0 Å². The Kier molecular flexibility index (Phi) is 13.8. The van der Waals surface area contributed by atoms with Gasteiger partial charge in [0.2, 0.25) is 10.0 Å². The maximum absolute atomic E-state index is 12.2. The Morgan fingerprint density at radius 2 is 1.54 bits per heavy atom. The van der Waals surface area contributed by atoms with Gasteiger partial charge in [0.25, 0.3) is 0 Å². The zero-order valence-electron chi connectivity index (χ0n) is 16.3. The van der Waals surface area contributed by atoms with Gasteiger partial charge in [0, 0.05) is 25.7 Å². The molecule has 0 aromatic heterocycles. The second-order valence-corrected chi connectivity index (χ2v) is 10.00. The predicted molar refractivity (Wildman–Crippen MR) is 119 cm³/mol. The second-order valence-electron chi connectivity index (χ2n) is 7.91. The minimum absolute atomic E-state index is 0. The average Bonchev–Trinajstić information content (AvgIpc) is 2.61. The molecule has 2 amide bonds. The van der Waals surface area contributed by atoms with Crippen LogP contribution in [0.5, 0.6) is 0 Å². The van der Waals surface area contributed by atoms with E-state index in [-0.39, 0.29) is 26.6 Å². The van der Waals surface area contributed by atoms with Crippen LogP contribution in [0.2, 0.25) is 0 Å². The lowest BCUT2D eigenvalue weighted by molar-refractivity contribution is 0.225. The molecule has 0 aromatic carbocycles. The van der Waals surface area contributed by atoms with Gasteiger partial charge in [-0.25, -0.2) is 17.5 Å². The third-order valence-electron chi connectivity index (χ3n) is 5.71. The molecule has 1 saturated carbocycles. The predicted octanol–water partition coefficient (Wildman–Crippen LogP) is 4.51. The van der Waals surface area contributed by atoms with Crippen LogP contribution in [0.4, 0.5) is 4.79 Å². The van der Waals surface area contributed by atoms with E-state index in [1.54, 1.807) is 4.31 Å². The van der Waals surface area contributed by atoms with Crippen LogP contribution in [0.1, 0.15) is 92.4 Å². The number of rotatable bonds is 7. The zero-order chi connectivity index (χ0) is 18.8. The Hall–Kier alpha value is -0.820. The molecule has 2 rings (SSSR count). The molecule has 1 aliphatic heterocycles. The molecule has 0 unspecified atom stereocenters. The van der Waals surface area contributed by atoms with Gasteiger partial charge in [-0.1, -0.05) is 60.3 Å². The van der Waals surface area contributed by atoms with Crippen LogP contribution in [0, 0.1) is 5.92 Å². The van der Waals surface area contributed by atoms with E-state index in [9.17, 15) is 13.2 Å². The summed E-state index contributed by atoms with van der Waals surface area (Å²) in [4.78, 5) is 12.2. The highest BCUT2D eigenvalue weighted by Crippen LogP contribution is 2.20. The van der Waals surface area contributed by atoms with Crippen molar-refractivity contribution in [1.29, 1.82) is 0 Å². The molecule has 168 valence electrons. The Bertz CT molecular complexity index is 509. The number of carbonyl (C=O) groups excluding carboxylic acids is 1. The molecule has 1 aliphatic carbocycles. The molecule has 28 heavy (non-hydrogen) atoms. The van der Waals surface area contributed by atoms with E-state index in [4.69, 9.17) is 0 Å². The van der Waals surface area contributed by atoms with Gasteiger partial charge in [-0.15, -0.1) is 0 Å². The number of amides is 2. The van der Waals surface area contributed by atoms with Crippen molar-refractivity contribution < 1.29 is 13.2 Å². The lowest BCUT2D eigenvalue weighted by Crippen LogP contribution is -2.46. The molecule has 0 bridgehead atoms. The van der Waals surface area contributed by atoms with E-state index in [1.165, 1.54) is 32.1 Å². The minimum Gasteiger partial charge on any atom is -0.338 e. The standard InChI is InChI=1S/C19H37N3O3S.2CH4/c1-2-3-15-26(24,25)22-13-11-17(12-14-22)16-20-19(23)21-18-9-7-5-4-6-8-10-18;;/h17-18H,2-16H2,1H3,(H2,20,21,23);2*1H4. The van der Waals surface area contributed by atoms with Crippen molar-refractivity contribution in [2.24, 2.45) is 5.92 Å². The van der Waals surface area contributed by atoms with Gasteiger partial charge in [0.05, 0.1) is 5.75 Å². The van der Waals surface area contributed by atoms with Crippen molar-refractivity contribution in [3.63, 3.8) is 0 Å². The topological polar surface area (TPSA) is 78.5 Å². The van der Waals surface area contributed by atoms with Crippen LogP contribution >= 0.6 is 0 Å². The first-order valence-corrected chi connectivity index (χ1v) is 12.1. The molecule has 0 radical (unpaired) electrons. The quantitative estimate of drug-likeness (QED) is 0.637. The van der Waals surface area contributed by atoms with E-state index in [1.807, 2.05) is 6.92 Å². The van der Waals surface area contributed by atoms with E-state index >= 15 is 0 Å². The lowest BCUT2D eigenvalue weighted by atomic mass is 9.97. The first-order chi connectivity index (χ1) is 12.5. The molecule has 7 heteroatoms. The van der Waals surface area contributed by atoms with Gasteiger partial charge in [-0.3, -0.25) is 0 Å². The zero-order valence-corrected chi connectivity index (χ0v) is 17.2. The number of carbonyl (C=O) groups is 1. The monoisotopic (exact) mass is 419 g/mol. The van der Waals surface area contributed by atoms with E-state index in [0.29, 0.717) is 31.6 Å². The number of sulfonamides is 1. The second kappa shape index (κ2) is 14.2. The summed E-state index contributed by atoms with van der Waals surface area (Å²) in [5.41, 5.74) is 0. The Morgan fingerprint density at radius 3 is 2.11 bits per heavy atom. The summed E-state index contributed by atoms with van der Waals surface area (Å²) in [7, 11) is -3.09. The van der Waals surface area contributed by atoms with Crippen molar-refractivity contribution in [3.05, 3.63) is 0 Å². The molecule has 2 fully saturated rings. The summed E-state index contributed by atoms with van der Waals surface area (Å²) in [5.74, 6) is 0.631. The Balaban J connectivity index is 0.00000364. The van der Waals surface area contributed by atoms with Gasteiger partial charge in [0.15, 0.2) is 0 Å². The van der Waals surface area contributed by atoms with E-state index in [2.05, 4.69) is 10.6 Å². The molecule has 6 nitrogen and oxygen atoms in total. The summed E-state index contributed by atoms with van der Waals surface area (Å²) >= 11 is 0. The van der Waals surface area contributed by atoms with Crippen LogP contribution in [0.3, 0.4) is 0 Å². The SMILES string of the molecule is C.C.CCCCS(=O)(=O)N1CCC(CNC(=O)NC2CCCCCCC2)CC1. The van der Waals surface area contributed by atoms with Crippen molar-refractivity contribution >= 4 is 16.1 Å². The number of hydrogen-bond donors (Lipinski definition) is 2. The highest BCUT2D eigenvalue weighted by atomic mass is 32.2. The summed E-state index contributed by atoms with van der Waals surface area (Å²) in [5, 5.41) is 6.13. The van der Waals surface area contributed by atoms with Crippen LogP contribution < -0.4 is 10.6 Å². The van der Waals surface area contributed by atoms with E-state index in [0.717, 1.165) is 38.5 Å². The van der Waals surface area contributed by atoms with Gasteiger partial charge in [0.1, 0.15) is 0 Å². The van der Waals surface area contributed by atoms with Crippen LogP contribution in [-0.4, -0.2) is 50.2 Å². The largest absolute Gasteiger partial charge is 0.338 e. The number of nitrogens with zero attached hydrogens (tertiary/aromatic N) is 1. The van der Waals surface area contributed by atoms with Gasteiger partial charge in [-0.05, 0) is 38.0 Å². The van der Waals surface area contributed by atoms with Gasteiger partial charge >= 0.3 is 6.03 Å². The third kappa shape index (κ3) is 9.59.